The normalized spacial score (nSPS) is 12.3. The fourth-order valence-corrected chi connectivity index (χ4v) is 2.82. The second-order valence-corrected chi connectivity index (χ2v) is 6.47. The van der Waals surface area contributed by atoms with Gasteiger partial charge in [-0.05, 0) is 35.2 Å². The summed E-state index contributed by atoms with van der Waals surface area (Å²) in [6.07, 6.45) is 1.52. The molecule has 2 rings (SSSR count). The highest BCUT2D eigenvalue weighted by atomic mass is 32.1. The number of carbonyl (C=O) groups excluding carboxylic acids is 2. The number of hydrogen-bond donors (Lipinski definition) is 4. The molecule has 8 heteroatoms. The van der Waals surface area contributed by atoms with Gasteiger partial charge in [-0.2, -0.15) is 0 Å². The topological polar surface area (TPSA) is 116 Å². The molecule has 0 spiro atoms. The van der Waals surface area contributed by atoms with Gasteiger partial charge in [0, 0.05) is 18.2 Å². The van der Waals surface area contributed by atoms with Gasteiger partial charge in [0.25, 0.3) is 5.91 Å². The number of phenols is 1. The van der Waals surface area contributed by atoms with Gasteiger partial charge in [0.15, 0.2) is 0 Å². The molecule has 136 valence electrons. The molecule has 1 aromatic heterocycles. The third kappa shape index (κ3) is 5.75. The molecule has 1 atom stereocenters. The lowest BCUT2D eigenvalue weighted by Crippen LogP contribution is -2.45. The minimum absolute atomic E-state index is 0.0306. The maximum absolute atomic E-state index is 12.5. The smallest absolute Gasteiger partial charge is 0.326 e. The van der Waals surface area contributed by atoms with Crippen molar-refractivity contribution in [3.63, 3.8) is 0 Å². The maximum atomic E-state index is 12.5. The number of aliphatic carboxylic acids is 1. The minimum atomic E-state index is -1.20. The van der Waals surface area contributed by atoms with E-state index in [2.05, 4.69) is 10.6 Å². The van der Waals surface area contributed by atoms with Crippen molar-refractivity contribution in [2.45, 2.75) is 19.4 Å². The van der Waals surface area contributed by atoms with Crippen molar-refractivity contribution in [1.29, 1.82) is 0 Å². The van der Waals surface area contributed by atoms with Crippen molar-refractivity contribution in [2.24, 2.45) is 0 Å². The van der Waals surface area contributed by atoms with Crippen molar-refractivity contribution >= 4 is 35.2 Å². The first-order valence-electron chi connectivity index (χ1n) is 7.69. The second kappa shape index (κ2) is 8.82. The zero-order valence-electron chi connectivity index (χ0n) is 13.9. The molecule has 0 saturated carbocycles. The van der Waals surface area contributed by atoms with E-state index in [1.54, 1.807) is 24.3 Å². The second-order valence-electron chi connectivity index (χ2n) is 5.49. The number of carboxylic acids is 1. The first kappa shape index (κ1) is 19.2. The lowest BCUT2D eigenvalue weighted by Gasteiger charge is -2.16. The molecule has 7 nitrogen and oxygen atoms in total. The lowest BCUT2D eigenvalue weighted by molar-refractivity contribution is -0.141. The van der Waals surface area contributed by atoms with Crippen LogP contribution < -0.4 is 10.6 Å². The Kier molecular flexibility index (Phi) is 6.51. The van der Waals surface area contributed by atoms with Crippen LogP contribution in [0.3, 0.4) is 0 Å². The number of phenolic OH excluding ortho intramolecular Hbond substituents is 1. The Morgan fingerprint density at radius 1 is 1.19 bits per heavy atom. The third-order valence-electron chi connectivity index (χ3n) is 3.36. The van der Waals surface area contributed by atoms with Gasteiger partial charge in [-0.1, -0.05) is 18.2 Å². The van der Waals surface area contributed by atoms with Crippen LogP contribution in [0, 0.1) is 0 Å². The highest BCUT2D eigenvalue weighted by molar-refractivity contribution is 7.10. The summed E-state index contributed by atoms with van der Waals surface area (Å²) in [7, 11) is 0. The zero-order valence-corrected chi connectivity index (χ0v) is 14.7. The van der Waals surface area contributed by atoms with Crippen molar-refractivity contribution in [1.82, 2.24) is 10.6 Å². The summed E-state index contributed by atoms with van der Waals surface area (Å²) >= 11 is 1.38. The molecule has 0 aliphatic carbocycles. The molecule has 0 aliphatic rings. The number of thiophene rings is 1. The number of nitrogens with one attached hydrogen (secondary N) is 2. The Balaban J connectivity index is 2.16. The summed E-state index contributed by atoms with van der Waals surface area (Å²) in [5.41, 5.74) is 0.607. The van der Waals surface area contributed by atoms with Gasteiger partial charge in [-0.15, -0.1) is 11.3 Å². The van der Waals surface area contributed by atoms with Crippen LogP contribution in [0.1, 0.15) is 17.4 Å². The Morgan fingerprint density at radius 3 is 2.42 bits per heavy atom. The van der Waals surface area contributed by atoms with Crippen LogP contribution in [0.2, 0.25) is 0 Å². The average molecular weight is 374 g/mol. The number of carbonyl (C=O) groups is 3. The van der Waals surface area contributed by atoms with Gasteiger partial charge >= 0.3 is 5.97 Å². The van der Waals surface area contributed by atoms with Crippen LogP contribution >= 0.6 is 11.3 Å². The Morgan fingerprint density at radius 2 is 1.88 bits per heavy atom. The van der Waals surface area contributed by atoms with Crippen LogP contribution in [-0.2, 0) is 20.8 Å². The quantitative estimate of drug-likeness (QED) is 0.551. The summed E-state index contributed by atoms with van der Waals surface area (Å²) in [5, 5.41) is 25.3. The number of hydrogen-bond acceptors (Lipinski definition) is 5. The van der Waals surface area contributed by atoms with E-state index in [0.29, 0.717) is 5.56 Å². The highest BCUT2D eigenvalue weighted by Gasteiger charge is 2.23. The molecule has 2 amide bonds. The standard InChI is InChI=1S/C18H18N2O5S/c1-11(21)19-15(10-14-3-2-8-26-14)17(23)20-16(18(24)25)9-12-4-6-13(22)7-5-12/h2-8,10,16,22H,9H2,1H3,(H,19,21)(H,20,23)(H,24,25)/b15-10+/t16-/m0/s1. The Bertz CT molecular complexity index is 813. The fourth-order valence-electron chi connectivity index (χ4n) is 2.17. The van der Waals surface area contributed by atoms with Gasteiger partial charge in [-0.25, -0.2) is 4.79 Å². The first-order valence-corrected chi connectivity index (χ1v) is 8.57. The number of aromatic hydroxyl groups is 1. The minimum Gasteiger partial charge on any atom is -0.508 e. The molecular weight excluding hydrogens is 356 g/mol. The number of benzene rings is 1. The summed E-state index contributed by atoms with van der Waals surface area (Å²) < 4.78 is 0. The van der Waals surface area contributed by atoms with E-state index in [1.165, 1.54) is 36.5 Å². The van der Waals surface area contributed by atoms with E-state index in [9.17, 15) is 24.6 Å². The molecule has 4 N–H and O–H groups in total. The largest absolute Gasteiger partial charge is 0.508 e. The molecule has 2 aromatic rings. The Hall–Kier alpha value is -3.13. The van der Waals surface area contributed by atoms with Crippen molar-refractivity contribution in [3.05, 3.63) is 57.9 Å². The SMILES string of the molecule is CC(=O)N/C(=C/c1cccs1)C(=O)N[C@@H](Cc1ccc(O)cc1)C(=O)O. The molecule has 1 heterocycles. The van der Waals surface area contributed by atoms with E-state index in [0.717, 1.165) is 4.88 Å². The van der Waals surface area contributed by atoms with Crippen LogP contribution in [-0.4, -0.2) is 34.0 Å². The van der Waals surface area contributed by atoms with Gasteiger partial charge in [0.05, 0.1) is 0 Å². The van der Waals surface area contributed by atoms with Crippen LogP contribution in [0.4, 0.5) is 0 Å². The predicted octanol–water partition coefficient (Wildman–Crippen LogP) is 1.74. The fraction of sp³-hybridized carbons (Fsp3) is 0.167. The van der Waals surface area contributed by atoms with Gasteiger partial charge < -0.3 is 20.8 Å². The predicted molar refractivity (Wildman–Crippen MR) is 97.5 cm³/mol. The van der Waals surface area contributed by atoms with Crippen LogP contribution in [0.25, 0.3) is 6.08 Å². The molecular formula is C18H18N2O5S. The van der Waals surface area contributed by atoms with E-state index >= 15 is 0 Å². The molecule has 26 heavy (non-hydrogen) atoms. The van der Waals surface area contributed by atoms with Crippen LogP contribution in [0.5, 0.6) is 5.75 Å². The van der Waals surface area contributed by atoms with E-state index in [-0.39, 0.29) is 17.9 Å². The zero-order chi connectivity index (χ0) is 19.1. The molecule has 0 unspecified atom stereocenters. The Labute approximate surface area is 154 Å². The molecule has 0 bridgehead atoms. The van der Waals surface area contributed by atoms with Gasteiger partial charge in [0.1, 0.15) is 17.5 Å². The monoisotopic (exact) mass is 374 g/mol. The lowest BCUT2D eigenvalue weighted by atomic mass is 10.1. The molecule has 1 aromatic carbocycles. The number of carboxylic acid groups (broad SMARTS) is 1. The molecule has 0 aliphatic heterocycles. The van der Waals surface area contributed by atoms with Crippen molar-refractivity contribution in [2.75, 3.05) is 0 Å². The number of amides is 2. The maximum Gasteiger partial charge on any atom is 0.326 e. The molecule has 0 saturated heterocycles. The highest BCUT2D eigenvalue weighted by Crippen LogP contribution is 2.14. The first-order chi connectivity index (χ1) is 12.3. The average Bonchev–Trinajstić information content (AvgIpc) is 3.08. The summed E-state index contributed by atoms with van der Waals surface area (Å²) in [4.78, 5) is 36.1. The van der Waals surface area contributed by atoms with E-state index in [1.807, 2.05) is 5.38 Å². The van der Waals surface area contributed by atoms with E-state index in [4.69, 9.17) is 0 Å². The van der Waals surface area contributed by atoms with Crippen molar-refractivity contribution in [3.8, 4) is 5.75 Å². The number of rotatable bonds is 7. The van der Waals surface area contributed by atoms with Crippen molar-refractivity contribution < 1.29 is 24.6 Å². The summed E-state index contributed by atoms with van der Waals surface area (Å²) in [5.74, 6) is -2.27. The molecule has 0 fully saturated rings. The van der Waals surface area contributed by atoms with Gasteiger partial charge in [-0.3, -0.25) is 9.59 Å². The molecule has 0 radical (unpaired) electrons. The van der Waals surface area contributed by atoms with Gasteiger partial charge in [0.2, 0.25) is 5.91 Å². The third-order valence-corrected chi connectivity index (χ3v) is 4.18. The van der Waals surface area contributed by atoms with Crippen LogP contribution in [0.15, 0.2) is 47.5 Å². The van der Waals surface area contributed by atoms with E-state index < -0.39 is 23.8 Å². The summed E-state index contributed by atoms with van der Waals surface area (Å²) in [6, 6.07) is 8.41. The summed E-state index contributed by atoms with van der Waals surface area (Å²) in [6.45, 7) is 1.26.